The van der Waals surface area contributed by atoms with Crippen molar-refractivity contribution in [1.29, 1.82) is 0 Å². The topological polar surface area (TPSA) is 149 Å². The SMILES string of the molecule is COc1ccc(C(=O)Nc2ccc(CNc3ccc(-c4nc5cc(CC(=O)NCB(O)O)ccc5[nH]4)cc3F)cc2)cc1Br. The van der Waals surface area contributed by atoms with Crippen molar-refractivity contribution in [1.82, 2.24) is 15.3 Å². The van der Waals surface area contributed by atoms with Crippen LogP contribution in [0.4, 0.5) is 15.8 Å². The average Bonchev–Trinajstić information content (AvgIpc) is 3.43. The predicted molar refractivity (Wildman–Crippen MR) is 171 cm³/mol. The van der Waals surface area contributed by atoms with Gasteiger partial charge in [0.1, 0.15) is 17.4 Å². The van der Waals surface area contributed by atoms with Crippen molar-refractivity contribution in [2.24, 2.45) is 0 Å². The maximum absolute atomic E-state index is 15.0. The number of fused-ring (bicyclic) bond motifs is 1. The molecule has 0 fully saturated rings. The Morgan fingerprint density at radius 1 is 1.00 bits per heavy atom. The summed E-state index contributed by atoms with van der Waals surface area (Å²) in [7, 11) is -0.0540. The lowest BCUT2D eigenvalue weighted by Crippen LogP contribution is -2.35. The molecule has 6 N–H and O–H groups in total. The van der Waals surface area contributed by atoms with Gasteiger partial charge in [-0.3, -0.25) is 9.59 Å². The normalized spacial score (nSPS) is 10.8. The van der Waals surface area contributed by atoms with E-state index in [9.17, 15) is 9.59 Å². The summed E-state index contributed by atoms with van der Waals surface area (Å²) in [6.45, 7) is 0.369. The summed E-state index contributed by atoms with van der Waals surface area (Å²) in [5.41, 5.74) is 4.94. The van der Waals surface area contributed by atoms with E-state index in [0.29, 0.717) is 56.2 Å². The van der Waals surface area contributed by atoms with Gasteiger partial charge in [0.05, 0.1) is 41.2 Å². The number of rotatable bonds is 11. The molecule has 0 bridgehead atoms. The molecule has 5 aromatic rings. The van der Waals surface area contributed by atoms with Crippen LogP contribution in [0.25, 0.3) is 22.4 Å². The molecule has 0 saturated carbocycles. The molecule has 224 valence electrons. The van der Waals surface area contributed by atoms with Gasteiger partial charge in [-0.15, -0.1) is 0 Å². The second-order valence-electron chi connectivity index (χ2n) is 9.95. The van der Waals surface area contributed by atoms with Crippen molar-refractivity contribution in [2.45, 2.75) is 13.0 Å². The third kappa shape index (κ3) is 7.62. The molecule has 0 unspecified atom stereocenters. The molecular weight excluding hydrogens is 632 g/mol. The van der Waals surface area contributed by atoms with Crippen LogP contribution in [-0.4, -0.2) is 52.5 Å². The fourth-order valence-electron chi connectivity index (χ4n) is 4.47. The number of imidazole rings is 1. The number of benzene rings is 4. The van der Waals surface area contributed by atoms with Crippen LogP contribution in [0.3, 0.4) is 0 Å². The molecule has 13 heteroatoms. The molecule has 0 atom stereocenters. The van der Waals surface area contributed by atoms with Crippen molar-refractivity contribution in [3.8, 4) is 17.1 Å². The highest BCUT2D eigenvalue weighted by Gasteiger charge is 2.13. The van der Waals surface area contributed by atoms with E-state index in [1.807, 2.05) is 12.1 Å². The van der Waals surface area contributed by atoms with Gasteiger partial charge < -0.3 is 35.7 Å². The van der Waals surface area contributed by atoms with Gasteiger partial charge in [-0.1, -0.05) is 18.2 Å². The van der Waals surface area contributed by atoms with Gasteiger partial charge in [-0.25, -0.2) is 9.37 Å². The molecule has 4 aromatic carbocycles. The first-order chi connectivity index (χ1) is 21.2. The predicted octanol–water partition coefficient (Wildman–Crippen LogP) is 4.68. The number of anilines is 2. The molecule has 2 amide bonds. The summed E-state index contributed by atoms with van der Waals surface area (Å²) in [6.07, 6.45) is -0.195. The summed E-state index contributed by atoms with van der Waals surface area (Å²) < 4.78 is 20.9. The Balaban J connectivity index is 1.18. The monoisotopic (exact) mass is 659 g/mol. The summed E-state index contributed by atoms with van der Waals surface area (Å²) in [6, 6.07) is 22.5. The second kappa shape index (κ2) is 13.7. The van der Waals surface area contributed by atoms with Gasteiger partial charge in [0.15, 0.2) is 0 Å². The lowest BCUT2D eigenvalue weighted by atomic mass is 9.92. The van der Waals surface area contributed by atoms with E-state index in [1.165, 1.54) is 6.07 Å². The molecule has 0 aliphatic rings. The Bertz CT molecular complexity index is 1820. The number of halogens is 2. The molecule has 0 saturated heterocycles. The number of carbonyl (C=O) groups excluding carboxylic acids is 2. The molecule has 1 heterocycles. The second-order valence-corrected chi connectivity index (χ2v) is 10.8. The number of nitrogens with zero attached hydrogens (tertiary/aromatic N) is 1. The first kappa shape index (κ1) is 30.7. The first-order valence-corrected chi connectivity index (χ1v) is 14.4. The Labute approximate surface area is 261 Å². The van der Waals surface area contributed by atoms with Crippen molar-refractivity contribution in [2.75, 3.05) is 24.2 Å². The summed E-state index contributed by atoms with van der Waals surface area (Å²) in [5.74, 6) is 0.0708. The highest BCUT2D eigenvalue weighted by atomic mass is 79.9. The van der Waals surface area contributed by atoms with Gasteiger partial charge in [-0.2, -0.15) is 0 Å². The minimum Gasteiger partial charge on any atom is -0.496 e. The molecule has 0 aliphatic carbocycles. The molecule has 0 aliphatic heterocycles. The Morgan fingerprint density at radius 3 is 2.48 bits per heavy atom. The van der Waals surface area contributed by atoms with E-state index in [2.05, 4.69) is 41.8 Å². The van der Waals surface area contributed by atoms with E-state index < -0.39 is 12.9 Å². The van der Waals surface area contributed by atoms with Crippen LogP contribution >= 0.6 is 15.9 Å². The minimum absolute atomic E-state index is 0.0546. The molecule has 44 heavy (non-hydrogen) atoms. The van der Waals surface area contributed by atoms with E-state index >= 15 is 4.39 Å². The number of carbonyl (C=O) groups is 2. The third-order valence-electron chi connectivity index (χ3n) is 6.75. The van der Waals surface area contributed by atoms with E-state index in [1.54, 1.807) is 67.8 Å². The number of nitrogens with one attached hydrogen (secondary N) is 4. The number of amides is 2. The number of methoxy groups -OCH3 is 1. The largest absolute Gasteiger partial charge is 0.496 e. The number of H-pyrrole nitrogens is 1. The quantitative estimate of drug-likeness (QED) is 0.113. The van der Waals surface area contributed by atoms with Crippen molar-refractivity contribution in [3.05, 3.63) is 106 Å². The standard InChI is InChI=1S/C31H28BBrFN5O5/c1-44-28-11-6-21(14-23(28)33)31(41)37-22-7-2-18(3-8-22)16-35-25-10-5-20(15-24(25)34)30-38-26-9-4-19(12-27(26)39-30)13-29(40)36-17-32(42)43/h2-12,14-15,35,42-43H,13,16-17H2,1H3,(H,36,40)(H,37,41)(H,38,39). The maximum Gasteiger partial charge on any atom is 0.472 e. The fourth-order valence-corrected chi connectivity index (χ4v) is 5.01. The average molecular weight is 660 g/mol. The summed E-state index contributed by atoms with van der Waals surface area (Å²) >= 11 is 3.39. The van der Waals surface area contributed by atoms with Gasteiger partial charge in [0.25, 0.3) is 5.91 Å². The van der Waals surface area contributed by atoms with E-state index in [0.717, 1.165) is 11.1 Å². The fraction of sp³-hybridized carbons (Fsp3) is 0.129. The zero-order valence-corrected chi connectivity index (χ0v) is 25.1. The highest BCUT2D eigenvalue weighted by Crippen LogP contribution is 2.27. The van der Waals surface area contributed by atoms with Crippen molar-refractivity contribution in [3.63, 3.8) is 0 Å². The smallest absolute Gasteiger partial charge is 0.472 e. The number of hydrogen-bond donors (Lipinski definition) is 6. The number of hydrogen-bond acceptors (Lipinski definition) is 7. The Morgan fingerprint density at radius 2 is 1.77 bits per heavy atom. The molecule has 0 spiro atoms. The highest BCUT2D eigenvalue weighted by molar-refractivity contribution is 9.10. The molecule has 1 aromatic heterocycles. The number of ether oxygens (including phenoxy) is 1. The minimum atomic E-state index is -1.61. The van der Waals surface area contributed by atoms with E-state index in [4.69, 9.17) is 14.8 Å². The summed E-state index contributed by atoms with van der Waals surface area (Å²) in [4.78, 5) is 32.3. The van der Waals surface area contributed by atoms with Gasteiger partial charge >= 0.3 is 7.12 Å². The molecule has 5 rings (SSSR count). The van der Waals surface area contributed by atoms with Gasteiger partial charge in [-0.05, 0) is 87.7 Å². The van der Waals surface area contributed by atoms with Crippen LogP contribution in [-0.2, 0) is 17.8 Å². The number of aromatic amines is 1. The van der Waals surface area contributed by atoms with E-state index in [-0.39, 0.29) is 24.7 Å². The molecule has 10 nitrogen and oxygen atoms in total. The Hall–Kier alpha value is -4.72. The lowest BCUT2D eigenvalue weighted by molar-refractivity contribution is -0.120. The lowest BCUT2D eigenvalue weighted by Gasteiger charge is -2.10. The van der Waals surface area contributed by atoms with Crippen LogP contribution in [0, 0.1) is 5.82 Å². The number of aromatic nitrogens is 2. The third-order valence-corrected chi connectivity index (χ3v) is 7.36. The summed E-state index contributed by atoms with van der Waals surface area (Å²) in [5, 5.41) is 26.2. The van der Waals surface area contributed by atoms with Crippen LogP contribution in [0.2, 0.25) is 0 Å². The van der Waals surface area contributed by atoms with Gasteiger partial charge in [0.2, 0.25) is 5.91 Å². The van der Waals surface area contributed by atoms with Crippen molar-refractivity contribution < 1.29 is 28.8 Å². The zero-order valence-electron chi connectivity index (χ0n) is 23.5. The van der Waals surface area contributed by atoms with Crippen LogP contribution in [0.15, 0.2) is 83.3 Å². The zero-order chi connectivity index (χ0) is 31.2. The Kier molecular flexibility index (Phi) is 9.58. The van der Waals surface area contributed by atoms with Crippen LogP contribution < -0.4 is 20.7 Å². The van der Waals surface area contributed by atoms with Crippen molar-refractivity contribution >= 4 is 57.3 Å². The van der Waals surface area contributed by atoms with Crippen LogP contribution in [0.1, 0.15) is 21.5 Å². The van der Waals surface area contributed by atoms with Gasteiger partial charge in [0, 0.05) is 23.4 Å². The molecule has 0 radical (unpaired) electrons. The molecular formula is C31H28BBrFN5O5. The first-order valence-electron chi connectivity index (χ1n) is 13.6. The maximum atomic E-state index is 15.0. The van der Waals surface area contributed by atoms with Crippen LogP contribution in [0.5, 0.6) is 5.75 Å².